The fourth-order valence-electron chi connectivity index (χ4n) is 2.54. The van der Waals surface area contributed by atoms with Gasteiger partial charge < -0.3 is 15.2 Å². The second kappa shape index (κ2) is 12.4. The van der Waals surface area contributed by atoms with Crippen LogP contribution in [0.5, 0.6) is 5.75 Å². The van der Waals surface area contributed by atoms with E-state index in [9.17, 15) is 5.11 Å². The van der Waals surface area contributed by atoms with Crippen LogP contribution in [-0.4, -0.2) is 30.4 Å². The maximum atomic E-state index is 10.2. The third kappa shape index (κ3) is 9.62. The molecule has 1 aromatic carbocycles. The Morgan fingerprint density at radius 1 is 1.04 bits per heavy atom. The number of benzene rings is 1. The van der Waals surface area contributed by atoms with Crippen molar-refractivity contribution >= 4 is 0 Å². The molecule has 0 saturated heterocycles. The number of unbranched alkanes of at least 4 members (excludes halogenated alkanes) is 3. The van der Waals surface area contributed by atoms with Gasteiger partial charge in [-0.15, -0.1) is 0 Å². The van der Waals surface area contributed by atoms with Gasteiger partial charge in [0.15, 0.2) is 0 Å². The van der Waals surface area contributed by atoms with E-state index in [4.69, 9.17) is 4.74 Å². The highest BCUT2D eigenvalue weighted by Crippen LogP contribution is 2.14. The summed E-state index contributed by atoms with van der Waals surface area (Å²) in [5.74, 6) is 0.916. The highest BCUT2D eigenvalue weighted by atomic mass is 16.5. The number of aliphatic hydroxyl groups is 1. The lowest BCUT2D eigenvalue weighted by atomic mass is 10.1. The molecular formula is C20H35NO2. The van der Waals surface area contributed by atoms with Crippen molar-refractivity contribution in [3.8, 4) is 5.75 Å². The van der Waals surface area contributed by atoms with Gasteiger partial charge in [0.05, 0.1) is 12.7 Å². The van der Waals surface area contributed by atoms with Gasteiger partial charge in [-0.2, -0.15) is 0 Å². The van der Waals surface area contributed by atoms with E-state index < -0.39 is 0 Å². The van der Waals surface area contributed by atoms with Crippen molar-refractivity contribution < 1.29 is 9.84 Å². The predicted octanol–water partition coefficient (Wildman–Crippen LogP) is 4.33. The van der Waals surface area contributed by atoms with Crippen molar-refractivity contribution in [3.63, 3.8) is 0 Å². The first-order valence-electron chi connectivity index (χ1n) is 9.28. The zero-order valence-corrected chi connectivity index (χ0v) is 15.2. The first kappa shape index (κ1) is 20.0. The summed E-state index contributed by atoms with van der Waals surface area (Å²) in [6, 6.07) is 8.58. The number of aliphatic hydroxyl groups excluding tert-OH is 1. The summed E-state index contributed by atoms with van der Waals surface area (Å²) in [5.41, 5.74) is 1.15. The first-order valence-corrected chi connectivity index (χ1v) is 9.28. The average Bonchev–Trinajstić information content (AvgIpc) is 2.55. The molecule has 1 rings (SSSR count). The number of nitrogens with one attached hydrogen (secondary N) is 1. The molecule has 0 saturated carbocycles. The quantitative estimate of drug-likeness (QED) is 0.531. The first-order chi connectivity index (χ1) is 11.2. The predicted molar refractivity (Wildman–Crippen MR) is 98.2 cm³/mol. The summed E-state index contributed by atoms with van der Waals surface area (Å²) in [4.78, 5) is 0. The molecule has 0 aliphatic heterocycles. The van der Waals surface area contributed by atoms with Gasteiger partial charge in [-0.05, 0) is 43.9 Å². The van der Waals surface area contributed by atoms with Crippen LogP contribution >= 0.6 is 0 Å². The number of ether oxygens (including phenoxy) is 1. The highest BCUT2D eigenvalue weighted by molar-refractivity contribution is 5.27. The van der Waals surface area contributed by atoms with E-state index >= 15 is 0 Å². The molecule has 132 valence electrons. The summed E-state index contributed by atoms with van der Waals surface area (Å²) in [7, 11) is 0. The number of rotatable bonds is 13. The second-order valence-corrected chi connectivity index (χ2v) is 6.51. The average molecular weight is 322 g/mol. The monoisotopic (exact) mass is 321 g/mol. The van der Waals surface area contributed by atoms with Crippen molar-refractivity contribution in [1.29, 1.82) is 0 Å². The van der Waals surface area contributed by atoms with Gasteiger partial charge in [0.25, 0.3) is 0 Å². The SMILES string of the molecule is CCCCC[C@H](C)NC[C@H](O)Cc1ccc(OCCCC)cc1. The van der Waals surface area contributed by atoms with Crippen molar-refractivity contribution in [2.45, 2.75) is 77.9 Å². The van der Waals surface area contributed by atoms with Crippen LogP contribution in [-0.2, 0) is 6.42 Å². The molecule has 0 aliphatic carbocycles. The Bertz CT molecular complexity index is 391. The van der Waals surface area contributed by atoms with Crippen LogP contribution < -0.4 is 10.1 Å². The van der Waals surface area contributed by atoms with E-state index in [-0.39, 0.29) is 6.10 Å². The molecule has 0 unspecified atom stereocenters. The third-order valence-corrected chi connectivity index (χ3v) is 4.10. The normalized spacial score (nSPS) is 13.7. The number of hydrogen-bond donors (Lipinski definition) is 2. The highest BCUT2D eigenvalue weighted by Gasteiger charge is 2.08. The largest absolute Gasteiger partial charge is 0.494 e. The van der Waals surface area contributed by atoms with Crippen LogP contribution in [0, 0.1) is 0 Å². The van der Waals surface area contributed by atoms with Crippen LogP contribution in [0.15, 0.2) is 24.3 Å². The van der Waals surface area contributed by atoms with Gasteiger partial charge >= 0.3 is 0 Å². The zero-order valence-electron chi connectivity index (χ0n) is 15.2. The Morgan fingerprint density at radius 2 is 1.74 bits per heavy atom. The molecule has 0 fully saturated rings. The molecule has 0 spiro atoms. The third-order valence-electron chi connectivity index (χ3n) is 4.10. The fourth-order valence-corrected chi connectivity index (χ4v) is 2.54. The topological polar surface area (TPSA) is 41.5 Å². The summed E-state index contributed by atoms with van der Waals surface area (Å²) >= 11 is 0. The molecule has 0 radical (unpaired) electrons. The Morgan fingerprint density at radius 3 is 2.39 bits per heavy atom. The van der Waals surface area contributed by atoms with Crippen LogP contribution in [0.2, 0.25) is 0 Å². The van der Waals surface area contributed by atoms with Gasteiger partial charge in [0.1, 0.15) is 5.75 Å². The van der Waals surface area contributed by atoms with Crippen molar-refractivity contribution in [1.82, 2.24) is 5.32 Å². The van der Waals surface area contributed by atoms with Crippen LogP contribution in [0.1, 0.15) is 64.9 Å². The minimum atomic E-state index is -0.338. The van der Waals surface area contributed by atoms with Gasteiger partial charge in [-0.3, -0.25) is 0 Å². The Kier molecular flexibility index (Phi) is 10.8. The van der Waals surface area contributed by atoms with Crippen molar-refractivity contribution in [3.05, 3.63) is 29.8 Å². The van der Waals surface area contributed by atoms with Crippen LogP contribution in [0.4, 0.5) is 0 Å². The minimum Gasteiger partial charge on any atom is -0.494 e. The lowest BCUT2D eigenvalue weighted by Gasteiger charge is -2.17. The van der Waals surface area contributed by atoms with Crippen molar-refractivity contribution in [2.24, 2.45) is 0 Å². The number of hydrogen-bond acceptors (Lipinski definition) is 3. The summed E-state index contributed by atoms with van der Waals surface area (Å²) in [6.45, 7) is 8.01. The lowest BCUT2D eigenvalue weighted by Crippen LogP contribution is -2.34. The van der Waals surface area contributed by atoms with E-state index in [1.165, 1.54) is 25.7 Å². The van der Waals surface area contributed by atoms with Gasteiger partial charge in [-0.1, -0.05) is 51.7 Å². The van der Waals surface area contributed by atoms with E-state index in [0.717, 1.165) is 30.8 Å². The van der Waals surface area contributed by atoms with E-state index in [0.29, 0.717) is 19.0 Å². The molecule has 3 nitrogen and oxygen atoms in total. The van der Waals surface area contributed by atoms with E-state index in [1.54, 1.807) is 0 Å². The van der Waals surface area contributed by atoms with Gasteiger partial charge in [0.2, 0.25) is 0 Å². The lowest BCUT2D eigenvalue weighted by molar-refractivity contribution is 0.167. The maximum Gasteiger partial charge on any atom is 0.119 e. The molecule has 0 amide bonds. The molecule has 0 bridgehead atoms. The zero-order chi connectivity index (χ0) is 16.9. The standard InChI is InChI=1S/C20H35NO2/c1-4-6-8-9-17(3)21-16-19(22)15-18-10-12-20(13-11-18)23-14-7-5-2/h10-13,17,19,21-22H,4-9,14-16H2,1-3H3/t17-,19+/m0/s1. The minimum absolute atomic E-state index is 0.338. The van der Waals surface area contributed by atoms with Crippen LogP contribution in [0.25, 0.3) is 0 Å². The van der Waals surface area contributed by atoms with E-state index in [1.807, 2.05) is 12.1 Å². The Hall–Kier alpha value is -1.06. The van der Waals surface area contributed by atoms with Crippen molar-refractivity contribution in [2.75, 3.05) is 13.2 Å². The summed E-state index contributed by atoms with van der Waals surface area (Å²) in [6.07, 6.45) is 7.58. The molecule has 2 N–H and O–H groups in total. The molecule has 1 aromatic rings. The molecule has 0 aromatic heterocycles. The molecule has 2 atom stereocenters. The smallest absolute Gasteiger partial charge is 0.119 e. The second-order valence-electron chi connectivity index (χ2n) is 6.51. The fraction of sp³-hybridized carbons (Fsp3) is 0.700. The van der Waals surface area contributed by atoms with Gasteiger partial charge in [0, 0.05) is 12.6 Å². The summed E-state index contributed by atoms with van der Waals surface area (Å²) < 4.78 is 5.66. The van der Waals surface area contributed by atoms with Crippen LogP contribution in [0.3, 0.4) is 0 Å². The Labute approximate surface area is 142 Å². The molecule has 0 heterocycles. The molecular weight excluding hydrogens is 286 g/mol. The Balaban J connectivity index is 2.24. The molecule has 3 heteroatoms. The molecule has 0 aliphatic rings. The van der Waals surface area contributed by atoms with Gasteiger partial charge in [-0.25, -0.2) is 0 Å². The summed E-state index contributed by atoms with van der Waals surface area (Å²) in [5, 5.41) is 13.6. The maximum absolute atomic E-state index is 10.2. The van der Waals surface area contributed by atoms with E-state index in [2.05, 4.69) is 38.2 Å². The molecule has 23 heavy (non-hydrogen) atoms.